The van der Waals surface area contributed by atoms with E-state index in [4.69, 9.17) is 0 Å². The van der Waals surface area contributed by atoms with Gasteiger partial charge in [-0.15, -0.1) is 0 Å². The number of benzene rings is 1. The SMILES string of the molecule is CC.CC(=O)[C@H](C)c1ccc(F)cc1. The monoisotopic (exact) mass is 196 g/mol. The molecule has 1 atom stereocenters. The molecule has 0 amide bonds. The van der Waals surface area contributed by atoms with Crippen LogP contribution < -0.4 is 0 Å². The first kappa shape index (κ1) is 12.8. The molecule has 1 nitrogen and oxygen atoms in total. The van der Waals surface area contributed by atoms with Crippen LogP contribution in [-0.4, -0.2) is 5.78 Å². The van der Waals surface area contributed by atoms with Crippen LogP contribution in [0.2, 0.25) is 0 Å². The molecule has 0 bridgehead atoms. The summed E-state index contributed by atoms with van der Waals surface area (Å²) < 4.78 is 12.5. The lowest BCUT2D eigenvalue weighted by atomic mass is 9.98. The Morgan fingerprint density at radius 3 is 2.00 bits per heavy atom. The van der Waals surface area contributed by atoms with Crippen molar-refractivity contribution in [3.8, 4) is 0 Å². The van der Waals surface area contributed by atoms with E-state index in [0.29, 0.717) is 0 Å². The highest BCUT2D eigenvalue weighted by Gasteiger charge is 2.09. The van der Waals surface area contributed by atoms with Gasteiger partial charge in [0.15, 0.2) is 0 Å². The summed E-state index contributed by atoms with van der Waals surface area (Å²) in [6.07, 6.45) is 0. The van der Waals surface area contributed by atoms with Crippen molar-refractivity contribution in [3.63, 3.8) is 0 Å². The van der Waals surface area contributed by atoms with Gasteiger partial charge in [-0.25, -0.2) is 4.39 Å². The maximum absolute atomic E-state index is 12.5. The van der Waals surface area contributed by atoms with Gasteiger partial charge in [-0.2, -0.15) is 0 Å². The normalized spacial score (nSPS) is 11.2. The molecular weight excluding hydrogens is 179 g/mol. The van der Waals surface area contributed by atoms with Crippen LogP contribution in [-0.2, 0) is 4.79 Å². The standard InChI is InChI=1S/C10H11FO.C2H6/c1-7(8(2)12)9-3-5-10(11)6-4-9;1-2/h3-7H,1-2H3;1-2H3/t7-;/m0./s1. The average Bonchev–Trinajstić information content (AvgIpc) is 2.21. The predicted molar refractivity (Wildman–Crippen MR) is 56.8 cm³/mol. The summed E-state index contributed by atoms with van der Waals surface area (Å²) in [7, 11) is 0. The van der Waals surface area contributed by atoms with Gasteiger partial charge in [0.2, 0.25) is 0 Å². The number of Topliss-reactive ketones (excluding diaryl/α,β-unsaturated/α-hetero) is 1. The zero-order chi connectivity index (χ0) is 11.1. The van der Waals surface area contributed by atoms with Gasteiger partial charge in [0.25, 0.3) is 0 Å². The van der Waals surface area contributed by atoms with Crippen molar-refractivity contribution in [2.75, 3.05) is 0 Å². The van der Waals surface area contributed by atoms with Crippen LogP contribution in [0.25, 0.3) is 0 Å². The number of hydrogen-bond donors (Lipinski definition) is 0. The van der Waals surface area contributed by atoms with Crippen molar-refractivity contribution in [2.24, 2.45) is 0 Å². The van der Waals surface area contributed by atoms with Crippen molar-refractivity contribution in [1.29, 1.82) is 0 Å². The van der Waals surface area contributed by atoms with Crippen molar-refractivity contribution in [3.05, 3.63) is 35.6 Å². The number of hydrogen-bond acceptors (Lipinski definition) is 1. The first-order valence-corrected chi connectivity index (χ1v) is 4.87. The fraction of sp³-hybridized carbons (Fsp3) is 0.417. The first-order valence-electron chi connectivity index (χ1n) is 4.87. The second-order valence-electron chi connectivity index (χ2n) is 2.88. The third kappa shape index (κ3) is 3.69. The summed E-state index contributed by atoms with van der Waals surface area (Å²) in [6, 6.07) is 6.02. The minimum Gasteiger partial charge on any atom is -0.299 e. The molecule has 0 saturated heterocycles. The predicted octanol–water partition coefficient (Wildman–Crippen LogP) is 3.54. The molecule has 0 radical (unpaired) electrons. The van der Waals surface area contributed by atoms with Gasteiger partial charge >= 0.3 is 0 Å². The molecule has 0 aliphatic rings. The van der Waals surface area contributed by atoms with Crippen molar-refractivity contribution in [2.45, 2.75) is 33.6 Å². The van der Waals surface area contributed by atoms with Crippen LogP contribution >= 0.6 is 0 Å². The van der Waals surface area contributed by atoms with E-state index in [2.05, 4.69) is 0 Å². The lowest BCUT2D eigenvalue weighted by Gasteiger charge is -2.06. The Labute approximate surface area is 85.0 Å². The van der Waals surface area contributed by atoms with Gasteiger partial charge in [0.1, 0.15) is 11.6 Å². The Balaban J connectivity index is 0.000000791. The molecule has 1 rings (SSSR count). The van der Waals surface area contributed by atoms with Gasteiger partial charge < -0.3 is 0 Å². The van der Waals surface area contributed by atoms with Crippen molar-refractivity contribution < 1.29 is 9.18 Å². The van der Waals surface area contributed by atoms with Crippen LogP contribution in [0.15, 0.2) is 24.3 Å². The number of ketones is 1. The van der Waals surface area contributed by atoms with E-state index in [9.17, 15) is 9.18 Å². The molecule has 0 N–H and O–H groups in total. The molecule has 2 heteroatoms. The quantitative estimate of drug-likeness (QED) is 0.707. The summed E-state index contributed by atoms with van der Waals surface area (Å²) in [5.41, 5.74) is 0.865. The largest absolute Gasteiger partial charge is 0.299 e. The van der Waals surface area contributed by atoms with Gasteiger partial charge in [-0.05, 0) is 24.6 Å². The Morgan fingerprint density at radius 1 is 1.21 bits per heavy atom. The van der Waals surface area contributed by atoms with E-state index in [1.54, 1.807) is 12.1 Å². The highest BCUT2D eigenvalue weighted by Crippen LogP contribution is 2.15. The smallest absolute Gasteiger partial charge is 0.136 e. The fourth-order valence-electron chi connectivity index (χ4n) is 0.986. The number of halogens is 1. The van der Waals surface area contributed by atoms with Crippen molar-refractivity contribution >= 4 is 5.78 Å². The van der Waals surface area contributed by atoms with Gasteiger partial charge in [0.05, 0.1) is 0 Å². The lowest BCUT2D eigenvalue weighted by Crippen LogP contribution is -2.03. The van der Waals surface area contributed by atoms with Crippen molar-refractivity contribution in [1.82, 2.24) is 0 Å². The lowest BCUT2D eigenvalue weighted by molar-refractivity contribution is -0.118. The second kappa shape index (κ2) is 6.30. The topological polar surface area (TPSA) is 17.1 Å². The summed E-state index contributed by atoms with van der Waals surface area (Å²) in [5, 5.41) is 0. The first-order chi connectivity index (χ1) is 6.61. The molecule has 0 spiro atoms. The molecule has 0 fully saturated rings. The molecule has 0 aromatic heterocycles. The molecule has 0 saturated carbocycles. The third-order valence-corrected chi connectivity index (χ3v) is 1.98. The van der Waals surface area contributed by atoms with Crippen LogP contribution in [0.1, 0.15) is 39.2 Å². The van der Waals surface area contributed by atoms with Gasteiger partial charge in [-0.1, -0.05) is 32.9 Å². The second-order valence-corrected chi connectivity index (χ2v) is 2.88. The Kier molecular flexibility index (Phi) is 5.77. The average molecular weight is 196 g/mol. The van der Waals surface area contributed by atoms with E-state index in [-0.39, 0.29) is 17.5 Å². The zero-order valence-corrected chi connectivity index (χ0v) is 9.17. The third-order valence-electron chi connectivity index (χ3n) is 1.98. The molecule has 0 heterocycles. The molecule has 1 aromatic carbocycles. The summed E-state index contributed by atoms with van der Waals surface area (Å²) in [4.78, 5) is 10.9. The highest BCUT2D eigenvalue weighted by molar-refractivity contribution is 5.82. The van der Waals surface area contributed by atoms with Crippen LogP contribution in [0.5, 0.6) is 0 Å². The Bertz CT molecular complexity index is 277. The van der Waals surface area contributed by atoms with Crippen LogP contribution in [0.4, 0.5) is 4.39 Å². The van der Waals surface area contributed by atoms with E-state index >= 15 is 0 Å². The molecule has 0 aliphatic carbocycles. The molecule has 0 unspecified atom stereocenters. The Hall–Kier alpha value is -1.18. The maximum atomic E-state index is 12.5. The molecule has 0 aliphatic heterocycles. The summed E-state index contributed by atoms with van der Waals surface area (Å²) in [5.74, 6) is -0.304. The van der Waals surface area contributed by atoms with E-state index < -0.39 is 0 Å². The highest BCUT2D eigenvalue weighted by atomic mass is 19.1. The minimum absolute atomic E-state index is 0.0987. The summed E-state index contributed by atoms with van der Waals surface area (Å²) in [6.45, 7) is 7.35. The fourth-order valence-corrected chi connectivity index (χ4v) is 0.986. The zero-order valence-electron chi connectivity index (χ0n) is 9.17. The molecule has 14 heavy (non-hydrogen) atoms. The minimum atomic E-state index is -0.269. The maximum Gasteiger partial charge on any atom is 0.136 e. The van der Waals surface area contributed by atoms with E-state index in [0.717, 1.165) is 5.56 Å². The van der Waals surface area contributed by atoms with E-state index in [1.807, 2.05) is 20.8 Å². The van der Waals surface area contributed by atoms with Gasteiger partial charge in [0, 0.05) is 5.92 Å². The number of carbonyl (C=O) groups is 1. The molecule has 1 aromatic rings. The number of carbonyl (C=O) groups excluding carboxylic acids is 1. The Morgan fingerprint density at radius 2 is 1.64 bits per heavy atom. The van der Waals surface area contributed by atoms with Crippen LogP contribution in [0, 0.1) is 5.82 Å². The number of rotatable bonds is 2. The molecular formula is C12H17FO. The van der Waals surface area contributed by atoms with Crippen LogP contribution in [0.3, 0.4) is 0 Å². The van der Waals surface area contributed by atoms with Gasteiger partial charge in [-0.3, -0.25) is 4.79 Å². The summed E-state index contributed by atoms with van der Waals surface area (Å²) >= 11 is 0. The van der Waals surface area contributed by atoms with E-state index in [1.165, 1.54) is 19.1 Å². The molecule has 78 valence electrons.